The van der Waals surface area contributed by atoms with Crippen LogP contribution >= 0.6 is 0 Å². The van der Waals surface area contributed by atoms with Crippen LogP contribution in [0.4, 0.5) is 13.2 Å². The third-order valence-corrected chi connectivity index (χ3v) is 5.81. The minimum Gasteiger partial charge on any atom is -0.208 e. The Kier molecular flexibility index (Phi) is 4.63. The third-order valence-electron chi connectivity index (χ3n) is 4.30. The van der Waals surface area contributed by atoms with E-state index in [1.165, 1.54) is 0 Å². The predicted octanol–water partition coefficient (Wildman–Crippen LogP) is 3.21. The van der Waals surface area contributed by atoms with E-state index in [1.807, 2.05) is 13.8 Å². The van der Waals surface area contributed by atoms with Gasteiger partial charge in [0.1, 0.15) is 4.90 Å². The van der Waals surface area contributed by atoms with Gasteiger partial charge in [0.05, 0.1) is 0 Å². The molecule has 3 nitrogen and oxygen atoms in total. The molecule has 0 unspecified atom stereocenters. The van der Waals surface area contributed by atoms with Crippen molar-refractivity contribution in [2.75, 3.05) is 0 Å². The molecule has 0 radical (unpaired) electrons. The first-order chi connectivity index (χ1) is 9.74. The third kappa shape index (κ3) is 3.23. The summed E-state index contributed by atoms with van der Waals surface area (Å²) in [5.41, 5.74) is 0. The first-order valence-corrected chi connectivity index (χ1v) is 8.38. The van der Waals surface area contributed by atoms with Gasteiger partial charge < -0.3 is 0 Å². The quantitative estimate of drug-likeness (QED) is 0.869. The summed E-state index contributed by atoms with van der Waals surface area (Å²) in [5, 5.41) is 0. The zero-order valence-corrected chi connectivity index (χ0v) is 12.7. The molecule has 1 aromatic carbocycles. The maximum Gasteiger partial charge on any atom is 0.243 e. The number of rotatable bonds is 3. The Labute approximate surface area is 122 Å². The number of hydrogen-bond acceptors (Lipinski definition) is 2. The van der Waals surface area contributed by atoms with Crippen LogP contribution in [0.15, 0.2) is 17.0 Å². The zero-order chi connectivity index (χ0) is 15.8. The Morgan fingerprint density at radius 1 is 1.10 bits per heavy atom. The van der Waals surface area contributed by atoms with Crippen LogP contribution in [0.1, 0.15) is 33.1 Å². The maximum absolute atomic E-state index is 13.7. The molecule has 118 valence electrons. The van der Waals surface area contributed by atoms with E-state index in [-0.39, 0.29) is 12.0 Å². The van der Waals surface area contributed by atoms with Crippen molar-refractivity contribution in [3.8, 4) is 0 Å². The molecule has 1 fully saturated rings. The van der Waals surface area contributed by atoms with Gasteiger partial charge in [-0.25, -0.2) is 26.3 Å². The van der Waals surface area contributed by atoms with Crippen molar-refractivity contribution in [2.45, 2.75) is 44.0 Å². The SMILES string of the molecule is C[C@@H]1[C@H](C)CCC[C@H]1NS(=O)(=O)c1ccc(F)c(F)c1F. The Morgan fingerprint density at radius 2 is 1.76 bits per heavy atom. The van der Waals surface area contributed by atoms with Crippen LogP contribution < -0.4 is 4.72 Å². The largest absolute Gasteiger partial charge is 0.243 e. The molecular formula is C14H18F3NO2S. The monoisotopic (exact) mass is 321 g/mol. The van der Waals surface area contributed by atoms with Gasteiger partial charge in [0, 0.05) is 6.04 Å². The standard InChI is InChI=1S/C14H18F3NO2S/c1-8-4-3-5-11(9(8)2)18-21(19,20)12-7-6-10(15)13(16)14(12)17/h6-9,11,18H,3-5H2,1-2H3/t8-,9-,11-/m1/s1. The molecule has 3 atom stereocenters. The summed E-state index contributed by atoms with van der Waals surface area (Å²) in [6.07, 6.45) is 2.54. The van der Waals surface area contributed by atoms with E-state index in [0.29, 0.717) is 18.4 Å². The van der Waals surface area contributed by atoms with Gasteiger partial charge in [-0.1, -0.05) is 26.7 Å². The fourth-order valence-electron chi connectivity index (χ4n) is 2.73. The molecule has 1 saturated carbocycles. The topological polar surface area (TPSA) is 46.2 Å². The lowest BCUT2D eigenvalue weighted by atomic mass is 9.78. The molecule has 1 aromatic rings. The highest BCUT2D eigenvalue weighted by Crippen LogP contribution is 2.31. The lowest BCUT2D eigenvalue weighted by Gasteiger charge is -2.34. The lowest BCUT2D eigenvalue weighted by Crippen LogP contribution is -2.43. The van der Waals surface area contributed by atoms with Crippen LogP contribution in [-0.2, 0) is 10.0 Å². The van der Waals surface area contributed by atoms with E-state index in [9.17, 15) is 21.6 Å². The maximum atomic E-state index is 13.7. The van der Waals surface area contributed by atoms with Gasteiger partial charge in [0.2, 0.25) is 10.0 Å². The van der Waals surface area contributed by atoms with Gasteiger partial charge in [-0.3, -0.25) is 0 Å². The molecule has 21 heavy (non-hydrogen) atoms. The number of hydrogen-bond donors (Lipinski definition) is 1. The molecule has 0 aromatic heterocycles. The fraction of sp³-hybridized carbons (Fsp3) is 0.571. The van der Waals surface area contributed by atoms with Crippen LogP contribution in [0.25, 0.3) is 0 Å². The highest BCUT2D eigenvalue weighted by molar-refractivity contribution is 7.89. The van der Waals surface area contributed by atoms with Crippen LogP contribution in [0.5, 0.6) is 0 Å². The smallest absolute Gasteiger partial charge is 0.208 e. The summed E-state index contributed by atoms with van der Waals surface area (Å²) in [4.78, 5) is -0.855. The van der Waals surface area contributed by atoms with Crippen molar-refractivity contribution in [3.63, 3.8) is 0 Å². The van der Waals surface area contributed by atoms with E-state index in [2.05, 4.69) is 4.72 Å². The highest BCUT2D eigenvalue weighted by Gasteiger charge is 2.32. The second-order valence-corrected chi connectivity index (χ2v) is 7.35. The fourth-order valence-corrected chi connectivity index (χ4v) is 4.16. The molecule has 7 heteroatoms. The number of halogens is 3. The van der Waals surface area contributed by atoms with Gasteiger partial charge in [-0.15, -0.1) is 0 Å². The Balaban J connectivity index is 2.29. The molecule has 0 saturated heterocycles. The Hall–Kier alpha value is -1.08. The van der Waals surface area contributed by atoms with Crippen molar-refractivity contribution in [1.29, 1.82) is 0 Å². The first-order valence-electron chi connectivity index (χ1n) is 6.90. The van der Waals surface area contributed by atoms with E-state index < -0.39 is 32.4 Å². The highest BCUT2D eigenvalue weighted by atomic mass is 32.2. The summed E-state index contributed by atoms with van der Waals surface area (Å²) < 4.78 is 66.6. The molecule has 1 N–H and O–H groups in total. The summed E-state index contributed by atoms with van der Waals surface area (Å²) in [7, 11) is -4.22. The van der Waals surface area contributed by atoms with Crippen LogP contribution in [0.3, 0.4) is 0 Å². The van der Waals surface area contributed by atoms with Crippen LogP contribution in [0, 0.1) is 29.3 Å². The normalized spacial score (nSPS) is 26.8. The van der Waals surface area contributed by atoms with E-state index >= 15 is 0 Å². The number of sulfonamides is 1. The summed E-state index contributed by atoms with van der Waals surface area (Å²) in [6, 6.07) is 1.03. The molecule has 0 spiro atoms. The van der Waals surface area contributed by atoms with Gasteiger partial charge in [0.25, 0.3) is 0 Å². The van der Waals surface area contributed by atoms with Gasteiger partial charge in [-0.2, -0.15) is 0 Å². The molecule has 0 amide bonds. The lowest BCUT2D eigenvalue weighted by molar-refractivity contribution is 0.226. The van der Waals surface area contributed by atoms with E-state index in [1.54, 1.807) is 0 Å². The molecular weight excluding hydrogens is 303 g/mol. The second-order valence-electron chi connectivity index (χ2n) is 5.67. The van der Waals surface area contributed by atoms with Crippen LogP contribution in [0.2, 0.25) is 0 Å². The summed E-state index contributed by atoms with van der Waals surface area (Å²) in [5.74, 6) is -4.42. The van der Waals surface area contributed by atoms with Crippen molar-refractivity contribution in [1.82, 2.24) is 4.72 Å². The molecule has 2 rings (SSSR count). The number of benzene rings is 1. The van der Waals surface area contributed by atoms with Gasteiger partial charge in [0.15, 0.2) is 17.5 Å². The zero-order valence-electron chi connectivity index (χ0n) is 11.9. The molecule has 0 heterocycles. The van der Waals surface area contributed by atoms with Crippen molar-refractivity contribution in [3.05, 3.63) is 29.6 Å². The Morgan fingerprint density at radius 3 is 2.43 bits per heavy atom. The number of nitrogens with one attached hydrogen (secondary N) is 1. The van der Waals surface area contributed by atoms with Crippen LogP contribution in [-0.4, -0.2) is 14.5 Å². The van der Waals surface area contributed by atoms with Crippen molar-refractivity contribution < 1.29 is 21.6 Å². The molecule has 1 aliphatic rings. The average Bonchev–Trinajstić information content (AvgIpc) is 2.41. The summed E-state index contributed by atoms with van der Waals surface area (Å²) >= 11 is 0. The van der Waals surface area contributed by atoms with E-state index in [4.69, 9.17) is 0 Å². The average molecular weight is 321 g/mol. The first kappa shape index (κ1) is 16.3. The molecule has 1 aliphatic carbocycles. The minimum atomic E-state index is -4.22. The molecule has 0 bridgehead atoms. The van der Waals surface area contributed by atoms with Crippen molar-refractivity contribution >= 4 is 10.0 Å². The van der Waals surface area contributed by atoms with E-state index in [0.717, 1.165) is 18.9 Å². The second kappa shape index (κ2) is 5.96. The van der Waals surface area contributed by atoms with Crippen molar-refractivity contribution in [2.24, 2.45) is 11.8 Å². The van der Waals surface area contributed by atoms with Gasteiger partial charge in [-0.05, 0) is 30.4 Å². The molecule has 0 aliphatic heterocycles. The minimum absolute atomic E-state index is 0.0990. The Bertz CT molecular complexity index is 633. The summed E-state index contributed by atoms with van der Waals surface area (Å²) in [6.45, 7) is 3.96. The van der Waals surface area contributed by atoms with Gasteiger partial charge >= 0.3 is 0 Å². The predicted molar refractivity (Wildman–Crippen MR) is 72.6 cm³/mol.